The van der Waals surface area contributed by atoms with Crippen molar-refractivity contribution in [3.63, 3.8) is 0 Å². The number of aromatic nitrogens is 2. The molecule has 132 valence electrons. The summed E-state index contributed by atoms with van der Waals surface area (Å²) in [5.74, 6) is -0.260. The van der Waals surface area contributed by atoms with Gasteiger partial charge in [0.05, 0.1) is 12.3 Å². The average Bonchev–Trinajstić information content (AvgIpc) is 3.00. The number of carbonyl (C=O) groups is 2. The van der Waals surface area contributed by atoms with Crippen molar-refractivity contribution in [2.24, 2.45) is 10.2 Å². The molecule has 0 saturated heterocycles. The minimum Gasteiger partial charge on any atom is -0.461 e. The number of nitrogens with zero attached hydrogens (tertiary/aromatic N) is 4. The van der Waals surface area contributed by atoms with Gasteiger partial charge < -0.3 is 4.74 Å². The second-order valence-electron chi connectivity index (χ2n) is 5.69. The highest BCUT2D eigenvalue weighted by Gasteiger charge is 2.21. The van der Waals surface area contributed by atoms with Gasteiger partial charge in [0.1, 0.15) is 5.65 Å². The van der Waals surface area contributed by atoms with Gasteiger partial charge in [-0.05, 0) is 56.7 Å². The number of aryl methyl sites for hydroxylation is 1. The van der Waals surface area contributed by atoms with Crippen molar-refractivity contribution in [1.82, 2.24) is 9.38 Å². The third-order valence-electron chi connectivity index (χ3n) is 3.82. The first-order chi connectivity index (χ1) is 12.5. The van der Waals surface area contributed by atoms with Crippen LogP contribution in [0, 0.1) is 6.92 Å². The minimum absolute atomic E-state index is 0.0182. The number of esters is 1. The summed E-state index contributed by atoms with van der Waals surface area (Å²) in [5, 5.41) is 8.40. The Kier molecular flexibility index (Phi) is 4.88. The van der Waals surface area contributed by atoms with E-state index in [4.69, 9.17) is 4.74 Å². The standard InChI is InChI=1S/C19H18N4O3/c1-4-26-19(25)16-18(23-11-5-6-12(2)17(23)20-16)22-21-15-9-7-14(8-10-15)13(3)24/h5-11H,4H2,1-3H3. The molecule has 0 radical (unpaired) electrons. The SMILES string of the molecule is CCOC(=O)c1nc2c(C)cccn2c1N=Nc1ccc(C(C)=O)cc1. The molecule has 2 aromatic heterocycles. The fraction of sp³-hybridized carbons (Fsp3) is 0.211. The van der Waals surface area contributed by atoms with Crippen molar-refractivity contribution >= 4 is 28.9 Å². The summed E-state index contributed by atoms with van der Waals surface area (Å²) < 4.78 is 6.78. The Hall–Kier alpha value is -3.35. The smallest absolute Gasteiger partial charge is 0.360 e. The van der Waals surface area contributed by atoms with Crippen LogP contribution >= 0.6 is 0 Å². The fourth-order valence-corrected chi connectivity index (χ4v) is 2.49. The molecule has 7 nitrogen and oxygen atoms in total. The second-order valence-corrected chi connectivity index (χ2v) is 5.69. The third kappa shape index (κ3) is 3.37. The molecule has 0 amide bonds. The highest BCUT2D eigenvalue weighted by atomic mass is 16.5. The first-order valence-corrected chi connectivity index (χ1v) is 8.18. The molecule has 26 heavy (non-hydrogen) atoms. The quantitative estimate of drug-likeness (QED) is 0.387. The van der Waals surface area contributed by atoms with E-state index in [-0.39, 0.29) is 18.1 Å². The summed E-state index contributed by atoms with van der Waals surface area (Å²) >= 11 is 0. The van der Waals surface area contributed by atoms with Gasteiger partial charge in [-0.15, -0.1) is 10.2 Å². The predicted octanol–water partition coefficient (Wildman–Crippen LogP) is 4.44. The van der Waals surface area contributed by atoms with E-state index in [2.05, 4.69) is 15.2 Å². The number of azo groups is 1. The Bertz CT molecular complexity index is 1000. The topological polar surface area (TPSA) is 85.4 Å². The number of benzene rings is 1. The molecular weight excluding hydrogens is 332 g/mol. The zero-order valence-corrected chi connectivity index (χ0v) is 14.8. The van der Waals surface area contributed by atoms with Crippen molar-refractivity contribution in [2.45, 2.75) is 20.8 Å². The number of pyridine rings is 1. The van der Waals surface area contributed by atoms with E-state index in [1.807, 2.05) is 19.1 Å². The van der Waals surface area contributed by atoms with Gasteiger partial charge in [0.15, 0.2) is 17.3 Å². The molecule has 0 aliphatic heterocycles. The molecule has 3 aromatic rings. The molecule has 0 unspecified atom stereocenters. The van der Waals surface area contributed by atoms with Gasteiger partial charge in [0.2, 0.25) is 0 Å². The Morgan fingerprint density at radius 3 is 2.54 bits per heavy atom. The molecule has 0 saturated carbocycles. The van der Waals surface area contributed by atoms with Gasteiger partial charge in [-0.3, -0.25) is 9.20 Å². The van der Waals surface area contributed by atoms with Gasteiger partial charge in [-0.2, -0.15) is 0 Å². The predicted molar refractivity (Wildman–Crippen MR) is 96.5 cm³/mol. The molecule has 0 fully saturated rings. The summed E-state index contributed by atoms with van der Waals surface area (Å²) in [6.07, 6.45) is 1.77. The van der Waals surface area contributed by atoms with Crippen LogP contribution in [0.3, 0.4) is 0 Å². The number of ether oxygens (including phenoxy) is 1. The molecule has 0 bridgehead atoms. The Morgan fingerprint density at radius 2 is 1.88 bits per heavy atom. The normalized spacial score (nSPS) is 11.2. The maximum absolute atomic E-state index is 12.2. The lowest BCUT2D eigenvalue weighted by molar-refractivity contribution is 0.0521. The van der Waals surface area contributed by atoms with Gasteiger partial charge in [-0.25, -0.2) is 9.78 Å². The second kappa shape index (κ2) is 7.26. The third-order valence-corrected chi connectivity index (χ3v) is 3.82. The summed E-state index contributed by atoms with van der Waals surface area (Å²) in [4.78, 5) is 28.0. The number of hydrogen-bond donors (Lipinski definition) is 0. The highest BCUT2D eigenvalue weighted by Crippen LogP contribution is 2.26. The van der Waals surface area contributed by atoms with E-state index in [1.54, 1.807) is 41.8 Å². The lowest BCUT2D eigenvalue weighted by atomic mass is 10.1. The number of fused-ring (bicyclic) bond motifs is 1. The molecule has 0 atom stereocenters. The number of hydrogen-bond acceptors (Lipinski definition) is 6. The molecule has 0 spiro atoms. The molecule has 0 aliphatic carbocycles. The molecule has 0 N–H and O–H groups in total. The van der Waals surface area contributed by atoms with Crippen LogP contribution in [0.25, 0.3) is 5.65 Å². The largest absolute Gasteiger partial charge is 0.461 e. The first-order valence-electron chi connectivity index (χ1n) is 8.18. The highest BCUT2D eigenvalue weighted by molar-refractivity contribution is 5.94. The molecule has 7 heteroatoms. The Labute approximate surface area is 150 Å². The fourth-order valence-electron chi connectivity index (χ4n) is 2.49. The number of rotatable bonds is 5. The molecule has 3 rings (SSSR count). The molecule has 1 aromatic carbocycles. The van der Waals surface area contributed by atoms with Crippen LogP contribution in [0.1, 0.15) is 40.3 Å². The van der Waals surface area contributed by atoms with Gasteiger partial charge >= 0.3 is 5.97 Å². The number of Topliss-reactive ketones (excluding diaryl/α,β-unsaturated/α-hetero) is 1. The van der Waals surface area contributed by atoms with E-state index in [0.29, 0.717) is 22.7 Å². The van der Waals surface area contributed by atoms with Crippen molar-refractivity contribution in [3.8, 4) is 0 Å². The summed E-state index contributed by atoms with van der Waals surface area (Å²) in [7, 11) is 0. The number of imidazole rings is 1. The molecule has 2 heterocycles. The minimum atomic E-state index is -0.545. The monoisotopic (exact) mass is 350 g/mol. The van der Waals surface area contributed by atoms with Gasteiger partial charge in [-0.1, -0.05) is 6.07 Å². The molecule has 0 aliphatic rings. The maximum atomic E-state index is 12.2. The van der Waals surface area contributed by atoms with Crippen LogP contribution < -0.4 is 0 Å². The van der Waals surface area contributed by atoms with Crippen LogP contribution in [0.2, 0.25) is 0 Å². The Balaban J connectivity index is 2.04. The number of ketones is 1. The van der Waals surface area contributed by atoms with Gasteiger partial charge in [0.25, 0.3) is 0 Å². The molecular formula is C19H18N4O3. The zero-order valence-electron chi connectivity index (χ0n) is 14.8. The van der Waals surface area contributed by atoms with Crippen molar-refractivity contribution in [3.05, 3.63) is 59.4 Å². The van der Waals surface area contributed by atoms with Crippen LogP contribution in [-0.4, -0.2) is 27.7 Å². The summed E-state index contributed by atoms with van der Waals surface area (Å²) in [6.45, 7) is 5.38. The van der Waals surface area contributed by atoms with E-state index in [9.17, 15) is 9.59 Å². The lowest BCUT2D eigenvalue weighted by Gasteiger charge is -2.00. The van der Waals surface area contributed by atoms with E-state index < -0.39 is 5.97 Å². The van der Waals surface area contributed by atoms with Crippen LogP contribution in [0.15, 0.2) is 52.8 Å². The first kappa shape index (κ1) is 17.5. The van der Waals surface area contributed by atoms with Crippen LogP contribution in [-0.2, 0) is 4.74 Å². The van der Waals surface area contributed by atoms with Crippen molar-refractivity contribution in [2.75, 3.05) is 6.61 Å². The Morgan fingerprint density at radius 1 is 1.15 bits per heavy atom. The van der Waals surface area contributed by atoms with Crippen molar-refractivity contribution < 1.29 is 14.3 Å². The van der Waals surface area contributed by atoms with E-state index in [0.717, 1.165) is 5.56 Å². The number of carbonyl (C=O) groups excluding carboxylic acids is 2. The zero-order chi connectivity index (χ0) is 18.7. The van der Waals surface area contributed by atoms with Gasteiger partial charge in [0, 0.05) is 11.8 Å². The summed E-state index contributed by atoms with van der Waals surface area (Å²) in [5.41, 5.74) is 2.81. The summed E-state index contributed by atoms with van der Waals surface area (Å²) in [6, 6.07) is 10.5. The maximum Gasteiger partial charge on any atom is 0.360 e. The average molecular weight is 350 g/mol. The van der Waals surface area contributed by atoms with Crippen LogP contribution in [0.4, 0.5) is 11.5 Å². The van der Waals surface area contributed by atoms with Crippen molar-refractivity contribution in [1.29, 1.82) is 0 Å². The van der Waals surface area contributed by atoms with E-state index >= 15 is 0 Å². The van der Waals surface area contributed by atoms with E-state index in [1.165, 1.54) is 6.92 Å². The lowest BCUT2D eigenvalue weighted by Crippen LogP contribution is -2.05. The van der Waals surface area contributed by atoms with Crippen LogP contribution in [0.5, 0.6) is 0 Å².